The van der Waals surface area contributed by atoms with Crippen LogP contribution in [0.2, 0.25) is 0 Å². The van der Waals surface area contributed by atoms with Gasteiger partial charge in [0, 0.05) is 29.7 Å². The normalized spacial score (nSPS) is 28.0. The molecular weight excluding hydrogens is 571 g/mol. The lowest BCUT2D eigenvalue weighted by Crippen LogP contribution is -2.62. The largest absolute Gasteiger partial charge is 0.491 e. The Morgan fingerprint density at radius 3 is 2.11 bits per heavy atom. The monoisotopic (exact) mass is 615 g/mol. The zero-order valence-electron chi connectivity index (χ0n) is 26.0. The molecule has 0 atom stereocenters. The molecule has 2 aromatic rings. The number of benzene rings is 2. The van der Waals surface area contributed by atoms with E-state index in [1.54, 1.807) is 4.90 Å². The van der Waals surface area contributed by atoms with Crippen LogP contribution in [0.25, 0.3) is 11.1 Å². The highest BCUT2D eigenvalue weighted by Crippen LogP contribution is 2.54. The number of nitrogens with one attached hydrogen (secondary N) is 2. The third kappa shape index (κ3) is 6.70. The van der Waals surface area contributed by atoms with Crippen molar-refractivity contribution in [1.29, 1.82) is 0 Å². The van der Waals surface area contributed by atoms with Crippen LogP contribution in [0.15, 0.2) is 48.5 Å². The van der Waals surface area contributed by atoms with Crippen LogP contribution in [0.5, 0.6) is 5.75 Å². The topological polar surface area (TPSA) is 90.9 Å². The maximum atomic E-state index is 14.0. The summed E-state index contributed by atoms with van der Waals surface area (Å²) in [6.07, 6.45) is -1.26. The lowest BCUT2D eigenvalue weighted by atomic mass is 9.57. The minimum absolute atomic E-state index is 0.0285. The van der Waals surface area contributed by atoms with Gasteiger partial charge in [-0.05, 0) is 120 Å². The molecule has 0 aromatic heterocycles. The molecule has 4 saturated carbocycles. The highest BCUT2D eigenvalue weighted by molar-refractivity contribution is 5.96. The molecule has 0 spiro atoms. The molecule has 0 aliphatic heterocycles. The summed E-state index contributed by atoms with van der Waals surface area (Å²) in [4.78, 5) is 28.1. The summed E-state index contributed by atoms with van der Waals surface area (Å²) in [5, 5.41) is 16.2. The molecule has 44 heavy (non-hydrogen) atoms. The smallest absolute Gasteiger partial charge is 0.417 e. The van der Waals surface area contributed by atoms with Crippen LogP contribution in [-0.2, 0) is 4.79 Å². The van der Waals surface area contributed by atoms with Crippen LogP contribution in [-0.4, -0.2) is 53.1 Å². The standard InChI is InChI=1S/C34H44F3N3O4/c1-22(2)38-30(42)39-32-15-12-31(13-16-32,14-17-32)21-40(29(41)26-19-33(43,20-26)34(35,36)37)27-7-5-6-25(18-27)24-8-10-28(11-9-24)44-23(3)4/h5-11,18,22-23,26,43H,12-17,19-21H2,1-4H3,(H2,38,39,42)/t26?,31-,32+,33?. The first-order valence-corrected chi connectivity index (χ1v) is 15.7. The third-order valence-electron chi connectivity index (χ3n) is 9.72. The van der Waals surface area contributed by atoms with Gasteiger partial charge in [-0.15, -0.1) is 0 Å². The molecule has 3 N–H and O–H groups in total. The first kappa shape index (κ1) is 32.1. The number of hydrogen-bond acceptors (Lipinski definition) is 4. The first-order chi connectivity index (χ1) is 20.6. The van der Waals surface area contributed by atoms with E-state index in [2.05, 4.69) is 10.6 Å². The number of alkyl halides is 3. The van der Waals surface area contributed by atoms with Gasteiger partial charge in [0.15, 0.2) is 5.60 Å². The maximum Gasteiger partial charge on any atom is 0.417 e. The van der Waals surface area contributed by atoms with Gasteiger partial charge in [0.05, 0.1) is 6.10 Å². The number of carbonyl (C=O) groups is 2. The van der Waals surface area contributed by atoms with E-state index in [4.69, 9.17) is 4.74 Å². The summed E-state index contributed by atoms with van der Waals surface area (Å²) < 4.78 is 46.1. The fourth-order valence-electron chi connectivity index (χ4n) is 7.09. The Balaban J connectivity index is 1.38. The number of ether oxygens (including phenoxy) is 1. The Kier molecular flexibility index (Phi) is 8.70. The molecule has 3 amide bonds. The van der Waals surface area contributed by atoms with Crippen LogP contribution >= 0.6 is 0 Å². The van der Waals surface area contributed by atoms with Gasteiger partial charge < -0.3 is 25.4 Å². The number of amides is 3. The summed E-state index contributed by atoms with van der Waals surface area (Å²) in [6.45, 7) is 8.13. The van der Waals surface area contributed by atoms with Gasteiger partial charge in [-0.2, -0.15) is 13.2 Å². The van der Waals surface area contributed by atoms with E-state index in [1.807, 2.05) is 76.2 Å². The predicted octanol–water partition coefficient (Wildman–Crippen LogP) is 6.98. The highest BCUT2D eigenvalue weighted by atomic mass is 19.4. The van der Waals surface area contributed by atoms with Gasteiger partial charge in [0.25, 0.3) is 0 Å². The van der Waals surface area contributed by atoms with E-state index in [-0.39, 0.29) is 35.0 Å². The van der Waals surface area contributed by atoms with Crippen molar-refractivity contribution in [2.45, 2.75) is 109 Å². The maximum absolute atomic E-state index is 14.0. The van der Waals surface area contributed by atoms with Gasteiger partial charge in [-0.3, -0.25) is 4.79 Å². The number of anilines is 1. The van der Waals surface area contributed by atoms with Crippen molar-refractivity contribution in [3.63, 3.8) is 0 Å². The van der Waals surface area contributed by atoms with Gasteiger partial charge >= 0.3 is 12.2 Å². The van der Waals surface area contributed by atoms with Crippen molar-refractivity contribution in [2.75, 3.05) is 11.4 Å². The molecule has 10 heteroatoms. The minimum atomic E-state index is -4.77. The van der Waals surface area contributed by atoms with Crippen molar-refractivity contribution < 1.29 is 32.6 Å². The average Bonchev–Trinajstić information content (AvgIpc) is 2.94. The van der Waals surface area contributed by atoms with Crippen molar-refractivity contribution in [3.05, 3.63) is 48.5 Å². The molecule has 0 saturated heterocycles. The van der Waals surface area contributed by atoms with E-state index < -0.39 is 30.5 Å². The fourth-order valence-corrected chi connectivity index (χ4v) is 7.09. The second-order valence-electron chi connectivity index (χ2n) is 13.8. The molecule has 7 nitrogen and oxygen atoms in total. The summed E-state index contributed by atoms with van der Waals surface area (Å²) in [5.41, 5.74) is -0.878. The first-order valence-electron chi connectivity index (χ1n) is 15.7. The number of aliphatic hydroxyl groups is 1. The van der Waals surface area contributed by atoms with Gasteiger partial charge in [-0.25, -0.2) is 4.79 Å². The van der Waals surface area contributed by atoms with Crippen molar-refractivity contribution in [2.24, 2.45) is 11.3 Å². The molecule has 0 heterocycles. The van der Waals surface area contributed by atoms with Crippen molar-refractivity contribution in [3.8, 4) is 16.9 Å². The Labute approximate surface area is 257 Å². The predicted molar refractivity (Wildman–Crippen MR) is 163 cm³/mol. The van der Waals surface area contributed by atoms with Crippen LogP contribution in [0.4, 0.5) is 23.7 Å². The lowest BCUT2D eigenvalue weighted by molar-refractivity contribution is -0.295. The van der Waals surface area contributed by atoms with E-state index >= 15 is 0 Å². The van der Waals surface area contributed by atoms with E-state index in [9.17, 15) is 27.9 Å². The van der Waals surface area contributed by atoms with Gasteiger partial charge in [0.2, 0.25) is 5.91 Å². The summed E-state index contributed by atoms with van der Waals surface area (Å²) in [6, 6.07) is 15.1. The average molecular weight is 616 g/mol. The summed E-state index contributed by atoms with van der Waals surface area (Å²) in [7, 11) is 0. The molecule has 2 bridgehead atoms. The van der Waals surface area contributed by atoms with Crippen molar-refractivity contribution >= 4 is 17.6 Å². The fraction of sp³-hybridized carbons (Fsp3) is 0.588. The Morgan fingerprint density at radius 2 is 1.57 bits per heavy atom. The van der Waals surface area contributed by atoms with E-state index in [0.29, 0.717) is 12.2 Å². The molecule has 240 valence electrons. The zero-order chi connectivity index (χ0) is 31.9. The minimum Gasteiger partial charge on any atom is -0.491 e. The molecule has 4 aliphatic rings. The molecule has 2 aromatic carbocycles. The summed E-state index contributed by atoms with van der Waals surface area (Å²) in [5.74, 6) is -0.551. The number of rotatable bonds is 9. The Morgan fingerprint density at radius 1 is 0.955 bits per heavy atom. The molecule has 6 rings (SSSR count). The third-order valence-corrected chi connectivity index (χ3v) is 9.72. The van der Waals surface area contributed by atoms with Crippen LogP contribution in [0.3, 0.4) is 0 Å². The number of carbonyl (C=O) groups excluding carboxylic acids is 2. The number of fused-ring (bicyclic) bond motifs is 3. The quantitative estimate of drug-likeness (QED) is 0.284. The van der Waals surface area contributed by atoms with Gasteiger partial charge in [-0.1, -0.05) is 24.3 Å². The molecule has 4 aliphatic carbocycles. The number of urea groups is 1. The number of hydrogen-bond donors (Lipinski definition) is 3. The Hall–Kier alpha value is -3.27. The van der Waals surface area contributed by atoms with Crippen LogP contribution in [0.1, 0.15) is 79.1 Å². The molecule has 0 radical (unpaired) electrons. The van der Waals surface area contributed by atoms with Crippen LogP contribution < -0.4 is 20.3 Å². The summed E-state index contributed by atoms with van der Waals surface area (Å²) >= 11 is 0. The van der Waals surface area contributed by atoms with Crippen molar-refractivity contribution in [1.82, 2.24) is 10.6 Å². The Bertz CT molecular complexity index is 1330. The molecule has 4 fully saturated rings. The zero-order valence-corrected chi connectivity index (χ0v) is 26.0. The van der Waals surface area contributed by atoms with E-state index in [1.165, 1.54) is 0 Å². The number of nitrogens with zero attached hydrogens (tertiary/aromatic N) is 1. The van der Waals surface area contributed by atoms with E-state index in [0.717, 1.165) is 55.4 Å². The SMILES string of the molecule is CC(C)NC(=O)N[C@]12CC[C@](CN(C(=O)C3CC(O)(C(F)(F)F)C3)c3cccc(-c4ccc(OC(C)C)cc4)c3)(CC1)CC2. The second-order valence-corrected chi connectivity index (χ2v) is 13.8. The second kappa shape index (κ2) is 11.9. The van der Waals surface area contributed by atoms with Gasteiger partial charge in [0.1, 0.15) is 5.75 Å². The van der Waals surface area contributed by atoms with Crippen LogP contribution in [0, 0.1) is 11.3 Å². The molecule has 0 unspecified atom stereocenters. The highest BCUT2D eigenvalue weighted by Gasteiger charge is 2.63. The lowest BCUT2D eigenvalue weighted by Gasteiger charge is -2.55. The number of halogens is 3. The molecular formula is C34H44F3N3O4.